The summed E-state index contributed by atoms with van der Waals surface area (Å²) >= 11 is 1.74. The number of piperazine rings is 1. The van der Waals surface area contributed by atoms with Gasteiger partial charge in [0.2, 0.25) is 0 Å². The number of nitrogens with zero attached hydrogens (tertiary/aromatic N) is 3. The van der Waals surface area contributed by atoms with E-state index in [1.54, 1.807) is 18.4 Å². The highest BCUT2D eigenvalue weighted by Gasteiger charge is 2.28. The smallest absolute Gasteiger partial charge is 0.273 e. The summed E-state index contributed by atoms with van der Waals surface area (Å²) in [5.41, 5.74) is 3.64. The number of rotatable bonds is 7. The lowest BCUT2D eigenvalue weighted by Crippen LogP contribution is -2.47. The Hall–Kier alpha value is -2.84. The van der Waals surface area contributed by atoms with Crippen LogP contribution < -0.4 is 15.0 Å². The molecule has 1 saturated heterocycles. The highest BCUT2D eigenvalue weighted by Crippen LogP contribution is 2.38. The predicted octanol–water partition coefficient (Wildman–Crippen LogP) is 3.45. The van der Waals surface area contributed by atoms with Crippen molar-refractivity contribution in [1.82, 2.24) is 15.4 Å². The second-order valence-corrected chi connectivity index (χ2v) is 9.21. The number of aromatic nitrogens is 1. The molecule has 2 aliphatic rings. The van der Waals surface area contributed by atoms with E-state index in [-0.39, 0.29) is 5.91 Å². The summed E-state index contributed by atoms with van der Waals surface area (Å²) in [7, 11) is 1.72. The average molecular weight is 453 g/mol. The Morgan fingerprint density at radius 2 is 2.03 bits per heavy atom. The van der Waals surface area contributed by atoms with Gasteiger partial charge in [-0.2, -0.15) is 0 Å². The Kier molecular flexibility index (Phi) is 6.14. The minimum atomic E-state index is -0.130. The lowest BCUT2D eigenvalue weighted by atomic mass is 9.95. The summed E-state index contributed by atoms with van der Waals surface area (Å²) < 4.78 is 11.0. The van der Waals surface area contributed by atoms with Crippen molar-refractivity contribution in [1.29, 1.82) is 0 Å². The lowest BCUT2D eigenvalue weighted by Gasteiger charge is -2.36. The Bertz CT molecular complexity index is 1080. The van der Waals surface area contributed by atoms with Crippen LogP contribution in [-0.4, -0.2) is 62.3 Å². The quantitative estimate of drug-likeness (QED) is 0.554. The van der Waals surface area contributed by atoms with Crippen LogP contribution in [0, 0.1) is 0 Å². The fraction of sp³-hybridized carbons (Fsp3) is 0.417. The molecule has 0 unspecified atom stereocenters. The molecule has 1 N–H and O–H groups in total. The third kappa shape index (κ3) is 4.12. The molecule has 1 fully saturated rings. The van der Waals surface area contributed by atoms with Crippen LogP contribution in [0.15, 0.2) is 40.2 Å². The maximum atomic E-state index is 12.7. The minimum absolute atomic E-state index is 0.130. The SMILES string of the molecule is COc1ccccc1N1CCN(CCCNC(=O)c2noc3c2CCc2sccc2-3)CC1. The van der Waals surface area contributed by atoms with Gasteiger partial charge in [0.15, 0.2) is 11.5 Å². The van der Waals surface area contributed by atoms with Crippen LogP contribution in [0.25, 0.3) is 11.3 Å². The number of para-hydroxylation sites is 2. The van der Waals surface area contributed by atoms with E-state index in [9.17, 15) is 4.79 Å². The Labute approximate surface area is 191 Å². The molecule has 3 aromatic rings. The molecule has 7 nitrogen and oxygen atoms in total. The van der Waals surface area contributed by atoms with Crippen LogP contribution in [0.4, 0.5) is 5.69 Å². The van der Waals surface area contributed by atoms with Gasteiger partial charge in [-0.3, -0.25) is 9.69 Å². The number of hydrogen-bond acceptors (Lipinski definition) is 7. The molecule has 0 spiro atoms. The van der Waals surface area contributed by atoms with Crippen molar-refractivity contribution in [3.63, 3.8) is 0 Å². The summed E-state index contributed by atoms with van der Waals surface area (Å²) in [6.45, 7) is 5.56. The number of fused-ring (bicyclic) bond motifs is 3. The number of amides is 1. The average Bonchev–Trinajstić information content (AvgIpc) is 3.49. The molecule has 0 radical (unpaired) electrons. The first-order valence-corrected chi connectivity index (χ1v) is 12.1. The van der Waals surface area contributed by atoms with E-state index < -0.39 is 0 Å². The van der Waals surface area contributed by atoms with Gasteiger partial charge in [-0.05, 0) is 49.4 Å². The molecule has 0 saturated carbocycles. The topological polar surface area (TPSA) is 70.8 Å². The van der Waals surface area contributed by atoms with E-state index in [4.69, 9.17) is 9.26 Å². The molecular formula is C24H28N4O3S. The largest absolute Gasteiger partial charge is 0.495 e. The fourth-order valence-electron chi connectivity index (χ4n) is 4.60. The highest BCUT2D eigenvalue weighted by atomic mass is 32.1. The zero-order valence-corrected chi connectivity index (χ0v) is 19.1. The molecule has 0 atom stereocenters. The summed E-state index contributed by atoms with van der Waals surface area (Å²) in [5, 5.41) is 9.18. The van der Waals surface area contributed by atoms with Crippen molar-refractivity contribution in [3.8, 4) is 17.1 Å². The van der Waals surface area contributed by atoms with Crippen molar-refractivity contribution in [2.45, 2.75) is 19.3 Å². The van der Waals surface area contributed by atoms with Crippen LogP contribution in [0.5, 0.6) is 5.75 Å². The van der Waals surface area contributed by atoms with Crippen LogP contribution >= 0.6 is 11.3 Å². The number of aryl methyl sites for hydroxylation is 1. The minimum Gasteiger partial charge on any atom is -0.495 e. The summed E-state index contributed by atoms with van der Waals surface area (Å²) in [6, 6.07) is 10.2. The number of ether oxygens (including phenoxy) is 1. The molecule has 3 heterocycles. The second kappa shape index (κ2) is 9.34. The molecule has 5 rings (SSSR count). The maximum absolute atomic E-state index is 12.7. The van der Waals surface area contributed by atoms with Gasteiger partial charge in [0.1, 0.15) is 5.75 Å². The molecule has 32 heavy (non-hydrogen) atoms. The first-order valence-electron chi connectivity index (χ1n) is 11.2. The lowest BCUT2D eigenvalue weighted by molar-refractivity contribution is 0.0941. The molecule has 168 valence electrons. The molecule has 1 amide bonds. The number of anilines is 1. The van der Waals surface area contributed by atoms with Crippen LogP contribution in [-0.2, 0) is 12.8 Å². The van der Waals surface area contributed by atoms with Gasteiger partial charge in [-0.1, -0.05) is 17.3 Å². The third-order valence-corrected chi connectivity index (χ3v) is 7.31. The van der Waals surface area contributed by atoms with Crippen molar-refractivity contribution < 1.29 is 14.1 Å². The van der Waals surface area contributed by atoms with E-state index in [0.717, 1.165) is 80.3 Å². The maximum Gasteiger partial charge on any atom is 0.273 e. The number of thiophene rings is 1. The van der Waals surface area contributed by atoms with Crippen molar-refractivity contribution in [3.05, 3.63) is 51.8 Å². The molecule has 0 bridgehead atoms. The number of methoxy groups -OCH3 is 1. The van der Waals surface area contributed by atoms with Gasteiger partial charge in [-0.15, -0.1) is 11.3 Å². The fourth-order valence-corrected chi connectivity index (χ4v) is 5.47. The van der Waals surface area contributed by atoms with E-state index in [0.29, 0.717) is 12.2 Å². The predicted molar refractivity (Wildman–Crippen MR) is 126 cm³/mol. The number of benzene rings is 1. The number of carbonyl (C=O) groups excluding carboxylic acids is 1. The van der Waals surface area contributed by atoms with E-state index in [1.807, 2.05) is 12.1 Å². The second-order valence-electron chi connectivity index (χ2n) is 8.21. The van der Waals surface area contributed by atoms with Gasteiger partial charge in [0.05, 0.1) is 12.8 Å². The van der Waals surface area contributed by atoms with E-state index in [2.05, 4.69) is 43.9 Å². The Morgan fingerprint density at radius 1 is 1.19 bits per heavy atom. The Morgan fingerprint density at radius 3 is 2.88 bits per heavy atom. The van der Waals surface area contributed by atoms with Gasteiger partial charge in [0.25, 0.3) is 5.91 Å². The van der Waals surface area contributed by atoms with E-state index in [1.165, 1.54) is 4.88 Å². The van der Waals surface area contributed by atoms with Crippen molar-refractivity contribution >= 4 is 22.9 Å². The normalized spacial score (nSPS) is 15.8. The molecular weight excluding hydrogens is 424 g/mol. The van der Waals surface area contributed by atoms with Crippen LogP contribution in [0.1, 0.15) is 27.3 Å². The van der Waals surface area contributed by atoms with Crippen molar-refractivity contribution in [2.24, 2.45) is 0 Å². The summed E-state index contributed by atoms with van der Waals surface area (Å²) in [5.74, 6) is 1.56. The summed E-state index contributed by atoms with van der Waals surface area (Å²) in [6.07, 6.45) is 2.67. The third-order valence-electron chi connectivity index (χ3n) is 6.33. The number of carbonyl (C=O) groups is 1. The summed E-state index contributed by atoms with van der Waals surface area (Å²) in [4.78, 5) is 18.8. The van der Waals surface area contributed by atoms with Crippen LogP contribution in [0.2, 0.25) is 0 Å². The van der Waals surface area contributed by atoms with Gasteiger partial charge < -0.3 is 19.5 Å². The van der Waals surface area contributed by atoms with Gasteiger partial charge in [0, 0.05) is 48.7 Å². The molecule has 1 aromatic carbocycles. The number of nitrogens with one attached hydrogen (secondary N) is 1. The Balaban J connectivity index is 1.08. The van der Waals surface area contributed by atoms with Crippen LogP contribution in [0.3, 0.4) is 0 Å². The molecule has 1 aliphatic carbocycles. The highest BCUT2D eigenvalue weighted by molar-refractivity contribution is 7.10. The monoisotopic (exact) mass is 452 g/mol. The molecule has 1 aliphatic heterocycles. The van der Waals surface area contributed by atoms with Gasteiger partial charge >= 0.3 is 0 Å². The first-order chi connectivity index (χ1) is 15.7. The molecule has 2 aromatic heterocycles. The standard InChI is InChI=1S/C24H28N4O3S/c1-30-20-6-3-2-5-19(20)28-14-12-27(13-15-28)11-4-10-25-24(29)22-18-7-8-21-17(9-16-32-21)23(18)31-26-22/h2-3,5-6,9,16H,4,7-8,10-15H2,1H3,(H,25,29). The van der Waals surface area contributed by atoms with E-state index >= 15 is 0 Å². The first kappa shape index (κ1) is 21.0. The van der Waals surface area contributed by atoms with Gasteiger partial charge in [-0.25, -0.2) is 0 Å². The van der Waals surface area contributed by atoms with Crippen molar-refractivity contribution in [2.75, 3.05) is 51.3 Å². The zero-order chi connectivity index (χ0) is 21.9. The zero-order valence-electron chi connectivity index (χ0n) is 18.3. The number of hydrogen-bond donors (Lipinski definition) is 1. The molecule has 8 heteroatoms.